The Bertz CT molecular complexity index is 106. The fraction of sp³-hybridized carbons (Fsp3) is 0.800. The minimum absolute atomic E-state index is 0.370. The van der Waals surface area contributed by atoms with Crippen molar-refractivity contribution < 1.29 is 9.63 Å². The number of hydrogen-bond donors (Lipinski definition) is 2. The van der Waals surface area contributed by atoms with Gasteiger partial charge in [-0.25, -0.2) is 10.6 Å². The van der Waals surface area contributed by atoms with E-state index in [-0.39, 0.29) is 5.97 Å². The first kappa shape index (κ1) is 8.39. The maximum absolute atomic E-state index is 10.7. The van der Waals surface area contributed by atoms with E-state index in [1.807, 2.05) is 5.59 Å². The Labute approximate surface area is 54.3 Å². The summed E-state index contributed by atoms with van der Waals surface area (Å²) in [5.74, 6) is 4.36. The van der Waals surface area contributed by atoms with Crippen LogP contribution in [0.25, 0.3) is 0 Å². The quantitative estimate of drug-likeness (QED) is 0.388. The third-order valence-corrected chi connectivity index (χ3v) is 0.764. The maximum Gasteiger partial charge on any atom is 0.331 e. The van der Waals surface area contributed by atoms with Gasteiger partial charge in [0.25, 0.3) is 0 Å². The molecule has 0 aliphatic rings. The fourth-order valence-corrected chi connectivity index (χ4v) is 0.207. The van der Waals surface area contributed by atoms with Crippen LogP contribution in [0.5, 0.6) is 0 Å². The van der Waals surface area contributed by atoms with Crippen LogP contribution in [0.15, 0.2) is 0 Å². The number of nitrogens with one attached hydrogen (secondary N) is 1. The Kier molecular flexibility index (Phi) is 2.61. The maximum atomic E-state index is 10.7. The summed E-state index contributed by atoms with van der Waals surface area (Å²) in [6.07, 6.45) is 0. The summed E-state index contributed by atoms with van der Waals surface area (Å²) >= 11 is 0. The zero-order chi connectivity index (χ0) is 7.49. The van der Waals surface area contributed by atoms with Gasteiger partial charge >= 0.3 is 5.97 Å². The van der Waals surface area contributed by atoms with Gasteiger partial charge in [0.1, 0.15) is 0 Å². The first-order chi connectivity index (χ1) is 3.98. The highest BCUT2D eigenvalue weighted by molar-refractivity contribution is 5.74. The molecule has 0 spiro atoms. The van der Waals surface area contributed by atoms with E-state index in [0.717, 1.165) is 0 Å². The summed E-state index contributed by atoms with van der Waals surface area (Å²) in [4.78, 5) is 15.0. The number of hydrazine groups is 1. The third kappa shape index (κ3) is 3.05. The highest BCUT2D eigenvalue weighted by atomic mass is 16.7. The molecule has 0 aromatic carbocycles. The lowest BCUT2D eigenvalue weighted by atomic mass is 9.98. The van der Waals surface area contributed by atoms with Gasteiger partial charge in [-0.3, -0.25) is 0 Å². The van der Waals surface area contributed by atoms with Gasteiger partial charge in [-0.2, -0.15) is 0 Å². The molecule has 0 fully saturated rings. The van der Waals surface area contributed by atoms with Gasteiger partial charge in [0.05, 0.1) is 5.41 Å². The lowest BCUT2D eigenvalue weighted by Crippen LogP contribution is -2.33. The second-order valence-electron chi connectivity index (χ2n) is 2.76. The minimum Gasteiger partial charge on any atom is -0.355 e. The molecule has 0 aliphatic carbocycles. The van der Waals surface area contributed by atoms with Crippen LogP contribution in [0.3, 0.4) is 0 Å². The molecule has 0 radical (unpaired) electrons. The fourth-order valence-electron chi connectivity index (χ4n) is 0.207. The van der Waals surface area contributed by atoms with Crippen molar-refractivity contribution in [1.82, 2.24) is 5.59 Å². The molecule has 54 valence electrons. The van der Waals surface area contributed by atoms with Crippen molar-refractivity contribution in [2.45, 2.75) is 20.8 Å². The predicted molar refractivity (Wildman–Crippen MR) is 32.9 cm³/mol. The monoisotopic (exact) mass is 132 g/mol. The van der Waals surface area contributed by atoms with Gasteiger partial charge < -0.3 is 4.84 Å². The van der Waals surface area contributed by atoms with E-state index in [1.54, 1.807) is 20.8 Å². The lowest BCUT2D eigenvalue weighted by Gasteiger charge is -2.14. The van der Waals surface area contributed by atoms with Crippen molar-refractivity contribution in [3.05, 3.63) is 0 Å². The number of carbonyl (C=O) groups excluding carboxylic acids is 1. The molecule has 0 atom stereocenters. The van der Waals surface area contributed by atoms with Crippen LogP contribution in [0.1, 0.15) is 20.8 Å². The van der Waals surface area contributed by atoms with Gasteiger partial charge in [-0.05, 0) is 20.8 Å². The van der Waals surface area contributed by atoms with Gasteiger partial charge in [0, 0.05) is 0 Å². The van der Waals surface area contributed by atoms with Gasteiger partial charge in [0.2, 0.25) is 0 Å². The molecule has 4 heteroatoms. The molecule has 9 heavy (non-hydrogen) atoms. The molecule has 0 aliphatic heterocycles. The summed E-state index contributed by atoms with van der Waals surface area (Å²) < 4.78 is 0. The topological polar surface area (TPSA) is 64.3 Å². The van der Waals surface area contributed by atoms with Crippen molar-refractivity contribution in [3.63, 3.8) is 0 Å². The summed E-state index contributed by atoms with van der Waals surface area (Å²) in [6.45, 7) is 5.23. The van der Waals surface area contributed by atoms with Crippen LogP contribution in [-0.4, -0.2) is 5.97 Å². The molecule has 0 saturated heterocycles. The van der Waals surface area contributed by atoms with E-state index in [9.17, 15) is 4.79 Å². The molecule has 0 bridgehead atoms. The summed E-state index contributed by atoms with van der Waals surface area (Å²) in [5.41, 5.74) is 1.33. The van der Waals surface area contributed by atoms with E-state index in [1.165, 1.54) is 0 Å². The zero-order valence-electron chi connectivity index (χ0n) is 5.89. The van der Waals surface area contributed by atoms with E-state index in [2.05, 4.69) is 4.84 Å². The van der Waals surface area contributed by atoms with E-state index < -0.39 is 5.41 Å². The van der Waals surface area contributed by atoms with Crippen LogP contribution in [0.2, 0.25) is 0 Å². The van der Waals surface area contributed by atoms with Crippen LogP contribution < -0.4 is 11.4 Å². The summed E-state index contributed by atoms with van der Waals surface area (Å²) in [5, 5.41) is 0. The van der Waals surface area contributed by atoms with Crippen LogP contribution in [0, 0.1) is 5.41 Å². The van der Waals surface area contributed by atoms with E-state index in [4.69, 9.17) is 5.84 Å². The van der Waals surface area contributed by atoms with Crippen molar-refractivity contribution >= 4 is 5.97 Å². The summed E-state index contributed by atoms with van der Waals surface area (Å²) in [7, 11) is 0. The van der Waals surface area contributed by atoms with Crippen molar-refractivity contribution in [3.8, 4) is 0 Å². The molecule has 0 rings (SSSR count). The first-order valence-electron chi connectivity index (χ1n) is 2.65. The van der Waals surface area contributed by atoms with Gasteiger partial charge in [-0.1, -0.05) is 5.59 Å². The highest BCUT2D eigenvalue weighted by Gasteiger charge is 2.22. The number of rotatable bonds is 1. The molecular formula is C5H12N2O2. The van der Waals surface area contributed by atoms with E-state index >= 15 is 0 Å². The SMILES string of the molecule is CC(C)(C)C(=O)ONN. The second kappa shape index (κ2) is 2.80. The van der Waals surface area contributed by atoms with Crippen molar-refractivity contribution in [1.29, 1.82) is 0 Å². The number of nitrogens with two attached hydrogens (primary N) is 1. The smallest absolute Gasteiger partial charge is 0.331 e. The molecular weight excluding hydrogens is 120 g/mol. The van der Waals surface area contributed by atoms with Crippen molar-refractivity contribution in [2.24, 2.45) is 11.3 Å². The third-order valence-electron chi connectivity index (χ3n) is 0.764. The van der Waals surface area contributed by atoms with Crippen LogP contribution in [0.4, 0.5) is 0 Å². The average Bonchev–Trinajstić information content (AvgIpc) is 1.64. The predicted octanol–water partition coefficient (Wildman–Crippen LogP) is -0.0460. The number of carbonyl (C=O) groups is 1. The molecule has 4 nitrogen and oxygen atoms in total. The highest BCUT2D eigenvalue weighted by Crippen LogP contribution is 2.13. The molecule has 0 aromatic rings. The molecule has 0 heterocycles. The Hall–Kier alpha value is -0.610. The first-order valence-corrected chi connectivity index (χ1v) is 2.65. The largest absolute Gasteiger partial charge is 0.355 e. The molecule has 3 N–H and O–H groups in total. The summed E-state index contributed by atoms with van der Waals surface area (Å²) in [6, 6.07) is 0. The van der Waals surface area contributed by atoms with E-state index in [0.29, 0.717) is 0 Å². The van der Waals surface area contributed by atoms with Crippen molar-refractivity contribution in [2.75, 3.05) is 0 Å². The standard InChI is InChI=1S/C5H12N2O2/c1-5(2,3)4(8)9-7-6/h7H,6H2,1-3H3. The number of hydrogen-bond acceptors (Lipinski definition) is 4. The Morgan fingerprint density at radius 1 is 1.56 bits per heavy atom. The molecule has 0 aromatic heterocycles. The minimum atomic E-state index is -0.494. The Balaban J connectivity index is 3.74. The zero-order valence-corrected chi connectivity index (χ0v) is 5.89. The average molecular weight is 132 g/mol. The normalized spacial score (nSPS) is 11.1. The van der Waals surface area contributed by atoms with Gasteiger partial charge in [0.15, 0.2) is 0 Å². The second-order valence-corrected chi connectivity index (χ2v) is 2.76. The Morgan fingerprint density at radius 2 is 2.00 bits per heavy atom. The molecule has 0 unspecified atom stereocenters. The lowest BCUT2D eigenvalue weighted by molar-refractivity contribution is -0.160. The van der Waals surface area contributed by atoms with Gasteiger partial charge in [-0.15, -0.1) is 0 Å². The molecule has 0 amide bonds. The van der Waals surface area contributed by atoms with Crippen LogP contribution >= 0.6 is 0 Å². The van der Waals surface area contributed by atoms with Crippen LogP contribution in [-0.2, 0) is 9.63 Å². The Morgan fingerprint density at radius 3 is 2.11 bits per heavy atom. The molecule has 0 saturated carbocycles.